The Kier molecular flexibility index (Phi) is 8.82. The molecule has 1 saturated heterocycles. The Balaban J connectivity index is 1.77. The molecule has 2 heterocycles. The molecule has 1 aliphatic heterocycles. The Morgan fingerprint density at radius 2 is 1.54 bits per heavy atom. The number of aliphatic hydroxyl groups is 4. The Labute approximate surface area is 223 Å². The van der Waals surface area contributed by atoms with Crippen molar-refractivity contribution >= 4 is 0 Å². The summed E-state index contributed by atoms with van der Waals surface area (Å²) < 4.78 is 60.5. The maximum absolute atomic E-state index is 14.5. The monoisotopic (exact) mass is 552 g/mol. The molecule has 0 unspecified atom stereocenters. The molecule has 4 rings (SSSR count). The summed E-state index contributed by atoms with van der Waals surface area (Å²) in [7, 11) is 1.48. The fourth-order valence-corrected chi connectivity index (χ4v) is 4.44. The van der Waals surface area contributed by atoms with Crippen LogP contribution in [-0.4, -0.2) is 74.6 Å². The van der Waals surface area contributed by atoms with Gasteiger partial charge >= 0.3 is 6.18 Å². The standard InChI is InChI=1S/C27H31F3N2O7/c1-3-15-4-6-16(7-5-15)12-19-24(27(28,29)30)32(13-17-8-10-18(37-2)11-9-17)31-25(19)39-26-23(36)22(35)21(34)20(14-33)38-26/h4-11,20-23,26,33-36H,3,12-14H2,1-2H3/t20-,21-,22+,23-,26+/m1/s1. The molecular weight excluding hydrogens is 521 g/mol. The molecule has 2 aromatic carbocycles. The van der Waals surface area contributed by atoms with E-state index in [0.29, 0.717) is 16.9 Å². The third-order valence-electron chi connectivity index (χ3n) is 6.66. The molecule has 3 aromatic rings. The minimum absolute atomic E-state index is 0.200. The van der Waals surface area contributed by atoms with Crippen LogP contribution in [0, 0.1) is 0 Å². The van der Waals surface area contributed by atoms with Gasteiger partial charge in [-0.25, -0.2) is 0 Å². The Morgan fingerprint density at radius 1 is 0.923 bits per heavy atom. The lowest BCUT2D eigenvalue weighted by molar-refractivity contribution is -0.278. The lowest BCUT2D eigenvalue weighted by Crippen LogP contribution is -2.60. The fourth-order valence-electron chi connectivity index (χ4n) is 4.44. The predicted molar refractivity (Wildman–Crippen MR) is 132 cm³/mol. The molecule has 0 radical (unpaired) electrons. The van der Waals surface area contributed by atoms with Gasteiger partial charge in [0.05, 0.1) is 25.8 Å². The first-order chi connectivity index (χ1) is 18.5. The summed E-state index contributed by atoms with van der Waals surface area (Å²) in [5.74, 6) is 0.0813. The van der Waals surface area contributed by atoms with Crippen molar-refractivity contribution in [2.24, 2.45) is 0 Å². The minimum Gasteiger partial charge on any atom is -0.497 e. The molecule has 0 bridgehead atoms. The Hall–Kier alpha value is -3.16. The zero-order valence-corrected chi connectivity index (χ0v) is 21.4. The molecule has 4 N–H and O–H groups in total. The molecule has 39 heavy (non-hydrogen) atoms. The van der Waals surface area contributed by atoms with Crippen LogP contribution in [0.3, 0.4) is 0 Å². The van der Waals surface area contributed by atoms with Crippen LogP contribution in [0.4, 0.5) is 13.2 Å². The van der Waals surface area contributed by atoms with E-state index in [1.807, 2.05) is 19.1 Å². The maximum atomic E-state index is 14.5. The fraction of sp³-hybridized carbons (Fsp3) is 0.444. The number of alkyl halides is 3. The van der Waals surface area contributed by atoms with Crippen molar-refractivity contribution in [3.8, 4) is 11.6 Å². The van der Waals surface area contributed by atoms with Crippen molar-refractivity contribution in [3.63, 3.8) is 0 Å². The van der Waals surface area contributed by atoms with E-state index in [1.54, 1.807) is 36.4 Å². The number of hydrogen-bond acceptors (Lipinski definition) is 8. The van der Waals surface area contributed by atoms with Crippen LogP contribution in [0.25, 0.3) is 0 Å². The van der Waals surface area contributed by atoms with Crippen molar-refractivity contribution in [2.75, 3.05) is 13.7 Å². The predicted octanol–water partition coefficient (Wildman–Crippen LogP) is 2.29. The summed E-state index contributed by atoms with van der Waals surface area (Å²) in [6.07, 6.45) is -12.5. The van der Waals surface area contributed by atoms with E-state index in [0.717, 1.165) is 16.7 Å². The lowest BCUT2D eigenvalue weighted by Gasteiger charge is -2.39. The molecule has 0 spiro atoms. The van der Waals surface area contributed by atoms with Crippen LogP contribution in [-0.2, 0) is 30.3 Å². The number of aromatic nitrogens is 2. The van der Waals surface area contributed by atoms with Crippen molar-refractivity contribution in [2.45, 2.75) is 63.2 Å². The molecule has 1 aromatic heterocycles. The summed E-state index contributed by atoms with van der Waals surface area (Å²) in [5, 5.41) is 44.2. The van der Waals surface area contributed by atoms with Crippen LogP contribution in [0.5, 0.6) is 11.6 Å². The quantitative estimate of drug-likeness (QED) is 0.319. The van der Waals surface area contributed by atoms with Crippen LogP contribution >= 0.6 is 0 Å². The van der Waals surface area contributed by atoms with E-state index in [4.69, 9.17) is 14.2 Å². The van der Waals surface area contributed by atoms with Gasteiger partial charge in [0.25, 0.3) is 0 Å². The van der Waals surface area contributed by atoms with E-state index >= 15 is 0 Å². The molecule has 0 amide bonds. The highest BCUT2D eigenvalue weighted by Gasteiger charge is 2.46. The van der Waals surface area contributed by atoms with Gasteiger partial charge in [-0.15, -0.1) is 5.10 Å². The summed E-state index contributed by atoms with van der Waals surface area (Å²) in [4.78, 5) is 0. The number of hydrogen-bond donors (Lipinski definition) is 4. The summed E-state index contributed by atoms with van der Waals surface area (Å²) in [6.45, 7) is 0.992. The van der Waals surface area contributed by atoms with Gasteiger partial charge < -0.3 is 34.6 Å². The van der Waals surface area contributed by atoms with Crippen molar-refractivity contribution in [1.82, 2.24) is 9.78 Å². The number of aliphatic hydroxyl groups excluding tert-OH is 4. The first kappa shape index (κ1) is 28.8. The van der Waals surface area contributed by atoms with E-state index < -0.39 is 55.1 Å². The van der Waals surface area contributed by atoms with Crippen molar-refractivity contribution in [1.29, 1.82) is 0 Å². The molecule has 5 atom stereocenters. The topological polar surface area (TPSA) is 126 Å². The Bertz CT molecular complexity index is 1230. The lowest BCUT2D eigenvalue weighted by atomic mass is 9.99. The van der Waals surface area contributed by atoms with Crippen LogP contribution in [0.1, 0.15) is 34.9 Å². The molecule has 1 fully saturated rings. The van der Waals surface area contributed by atoms with Gasteiger partial charge in [-0.2, -0.15) is 13.2 Å². The molecule has 9 nitrogen and oxygen atoms in total. The molecule has 1 aliphatic rings. The van der Waals surface area contributed by atoms with Gasteiger partial charge in [0.15, 0.2) is 0 Å². The second-order valence-electron chi connectivity index (χ2n) is 9.30. The highest BCUT2D eigenvalue weighted by atomic mass is 19.4. The van der Waals surface area contributed by atoms with Gasteiger partial charge in [0.1, 0.15) is 35.9 Å². The zero-order chi connectivity index (χ0) is 28.3. The SMILES string of the molecule is CCc1ccc(Cc2c(O[C@@H]3O[C@H](CO)[C@@H](O)[C@H](O)[C@H]3O)nn(Cc3ccc(OC)cc3)c2C(F)(F)F)cc1. The zero-order valence-electron chi connectivity index (χ0n) is 21.4. The van der Waals surface area contributed by atoms with E-state index in [-0.39, 0.29) is 18.5 Å². The average Bonchev–Trinajstić information content (AvgIpc) is 3.26. The number of ether oxygens (including phenoxy) is 3. The second kappa shape index (κ2) is 11.9. The summed E-state index contributed by atoms with van der Waals surface area (Å²) in [5.41, 5.74) is 0.764. The third kappa shape index (κ3) is 6.36. The van der Waals surface area contributed by atoms with Crippen LogP contribution < -0.4 is 9.47 Å². The molecule has 212 valence electrons. The van der Waals surface area contributed by atoms with E-state index in [9.17, 15) is 33.6 Å². The van der Waals surface area contributed by atoms with Gasteiger partial charge in [-0.1, -0.05) is 43.3 Å². The first-order valence-electron chi connectivity index (χ1n) is 12.4. The van der Waals surface area contributed by atoms with Gasteiger partial charge in [-0.05, 0) is 35.2 Å². The first-order valence-corrected chi connectivity index (χ1v) is 12.4. The number of nitrogens with zero attached hydrogens (tertiary/aromatic N) is 2. The van der Waals surface area contributed by atoms with Gasteiger partial charge in [0.2, 0.25) is 12.2 Å². The highest BCUT2D eigenvalue weighted by Crippen LogP contribution is 2.39. The van der Waals surface area contributed by atoms with Gasteiger partial charge in [0, 0.05) is 6.42 Å². The summed E-state index contributed by atoms with van der Waals surface area (Å²) in [6, 6.07) is 13.5. The molecule has 0 aliphatic carbocycles. The minimum atomic E-state index is -4.82. The van der Waals surface area contributed by atoms with Crippen molar-refractivity contribution < 1.29 is 47.8 Å². The normalized spacial score (nSPS) is 23.6. The van der Waals surface area contributed by atoms with Gasteiger partial charge in [-0.3, -0.25) is 4.68 Å². The molecular formula is C27H31F3N2O7. The molecule has 0 saturated carbocycles. The van der Waals surface area contributed by atoms with Crippen LogP contribution in [0.15, 0.2) is 48.5 Å². The number of methoxy groups -OCH3 is 1. The average molecular weight is 553 g/mol. The number of benzene rings is 2. The summed E-state index contributed by atoms with van der Waals surface area (Å²) >= 11 is 0. The second-order valence-corrected chi connectivity index (χ2v) is 9.30. The van der Waals surface area contributed by atoms with E-state index in [1.165, 1.54) is 7.11 Å². The number of aryl methyl sites for hydroxylation is 1. The third-order valence-corrected chi connectivity index (χ3v) is 6.66. The van der Waals surface area contributed by atoms with E-state index in [2.05, 4.69) is 5.10 Å². The number of halogens is 3. The maximum Gasteiger partial charge on any atom is 0.433 e. The largest absolute Gasteiger partial charge is 0.497 e. The smallest absolute Gasteiger partial charge is 0.433 e. The highest BCUT2D eigenvalue weighted by molar-refractivity contribution is 5.40. The van der Waals surface area contributed by atoms with Crippen molar-refractivity contribution in [3.05, 3.63) is 76.5 Å². The Morgan fingerprint density at radius 3 is 2.10 bits per heavy atom. The molecule has 12 heteroatoms. The number of rotatable bonds is 9. The van der Waals surface area contributed by atoms with Crippen LogP contribution in [0.2, 0.25) is 0 Å².